The fraction of sp³-hybridized carbons (Fsp3) is 0.500. The topological polar surface area (TPSA) is 41.5 Å². The van der Waals surface area contributed by atoms with Gasteiger partial charge in [-0.25, -0.2) is 0 Å². The van der Waals surface area contributed by atoms with Gasteiger partial charge in [0.05, 0.1) is 12.7 Å². The first kappa shape index (κ1) is 11.9. The number of nitrogens with one attached hydrogen (secondary N) is 1. The number of rotatable bonds is 2. The van der Waals surface area contributed by atoms with Gasteiger partial charge in [0.15, 0.2) is 0 Å². The molecule has 1 aliphatic rings. The second-order valence-corrected chi connectivity index (χ2v) is 4.98. The first-order valence-corrected chi connectivity index (χ1v) is 6.22. The molecule has 0 spiro atoms. The van der Waals surface area contributed by atoms with Crippen LogP contribution in [-0.2, 0) is 5.60 Å². The number of aliphatic hydroxyl groups is 1. The molecule has 88 valence electrons. The molecule has 1 heterocycles. The molecule has 0 saturated carbocycles. The number of methoxy groups -OCH3 is 1. The van der Waals surface area contributed by atoms with Crippen LogP contribution in [0.25, 0.3) is 0 Å². The molecule has 1 saturated heterocycles. The summed E-state index contributed by atoms with van der Waals surface area (Å²) in [6.45, 7) is 1.71. The van der Waals surface area contributed by atoms with Crippen LogP contribution in [0.3, 0.4) is 0 Å². The lowest BCUT2D eigenvalue weighted by Crippen LogP contribution is -2.39. The minimum Gasteiger partial charge on any atom is -0.497 e. The van der Waals surface area contributed by atoms with E-state index in [-0.39, 0.29) is 0 Å². The highest BCUT2D eigenvalue weighted by Gasteiger charge is 2.32. The van der Waals surface area contributed by atoms with Gasteiger partial charge < -0.3 is 15.2 Å². The third-order valence-electron chi connectivity index (χ3n) is 3.11. The second-order valence-electron chi connectivity index (χ2n) is 4.13. The van der Waals surface area contributed by atoms with Gasteiger partial charge in [0.1, 0.15) is 5.75 Å². The van der Waals surface area contributed by atoms with E-state index in [1.165, 1.54) is 0 Å². The summed E-state index contributed by atoms with van der Waals surface area (Å²) < 4.78 is 6.06. The van der Waals surface area contributed by atoms with Crippen molar-refractivity contribution >= 4 is 15.9 Å². The first-order chi connectivity index (χ1) is 7.65. The Morgan fingerprint density at radius 2 is 2.06 bits per heavy atom. The van der Waals surface area contributed by atoms with Crippen molar-refractivity contribution in [2.24, 2.45) is 0 Å². The van der Waals surface area contributed by atoms with Crippen LogP contribution in [0.15, 0.2) is 22.7 Å². The summed E-state index contributed by atoms with van der Waals surface area (Å²) in [6.07, 6.45) is 1.50. The number of ether oxygens (including phenoxy) is 1. The van der Waals surface area contributed by atoms with Crippen LogP contribution >= 0.6 is 15.9 Å². The zero-order valence-corrected chi connectivity index (χ0v) is 10.9. The lowest BCUT2D eigenvalue weighted by atomic mass is 9.85. The molecular formula is C12H16BrNO2. The molecule has 0 atom stereocenters. The number of hydrogen-bond acceptors (Lipinski definition) is 3. The van der Waals surface area contributed by atoms with E-state index < -0.39 is 5.60 Å². The SMILES string of the molecule is COc1ccc(C2(O)CCNCC2)c(Br)c1. The molecule has 1 aromatic carbocycles. The molecule has 1 fully saturated rings. The maximum atomic E-state index is 10.6. The zero-order valence-electron chi connectivity index (χ0n) is 9.29. The van der Waals surface area contributed by atoms with Crippen LogP contribution in [0, 0.1) is 0 Å². The van der Waals surface area contributed by atoms with Gasteiger partial charge in [-0.15, -0.1) is 0 Å². The lowest BCUT2D eigenvalue weighted by molar-refractivity contribution is 0.00524. The summed E-state index contributed by atoms with van der Waals surface area (Å²) in [5.41, 5.74) is 0.242. The Labute approximate surface area is 104 Å². The highest BCUT2D eigenvalue weighted by molar-refractivity contribution is 9.10. The van der Waals surface area contributed by atoms with Crippen molar-refractivity contribution in [2.75, 3.05) is 20.2 Å². The summed E-state index contributed by atoms with van der Waals surface area (Å²) >= 11 is 3.50. The third-order valence-corrected chi connectivity index (χ3v) is 3.76. The molecule has 1 aliphatic heterocycles. The molecule has 0 radical (unpaired) electrons. The molecule has 16 heavy (non-hydrogen) atoms. The van der Waals surface area contributed by atoms with Crippen LogP contribution in [-0.4, -0.2) is 25.3 Å². The van der Waals surface area contributed by atoms with Crippen LogP contribution in [0.1, 0.15) is 18.4 Å². The average Bonchev–Trinajstić information content (AvgIpc) is 2.29. The van der Waals surface area contributed by atoms with E-state index in [4.69, 9.17) is 4.74 Å². The molecule has 0 bridgehead atoms. The Hall–Kier alpha value is -0.580. The molecule has 2 N–H and O–H groups in total. The Morgan fingerprint density at radius 3 is 2.62 bits per heavy atom. The Balaban J connectivity index is 2.32. The van der Waals surface area contributed by atoms with Crippen LogP contribution < -0.4 is 10.1 Å². The van der Waals surface area contributed by atoms with Gasteiger partial charge in [0.25, 0.3) is 0 Å². The number of halogens is 1. The normalized spacial score (nSPS) is 19.4. The Kier molecular flexibility index (Phi) is 3.52. The van der Waals surface area contributed by atoms with Crippen molar-refractivity contribution < 1.29 is 9.84 Å². The average molecular weight is 286 g/mol. The predicted octanol–water partition coefficient (Wildman–Crippen LogP) is 2.03. The molecule has 0 amide bonds. The van der Waals surface area contributed by atoms with Crippen molar-refractivity contribution in [3.63, 3.8) is 0 Å². The van der Waals surface area contributed by atoms with Crippen LogP contribution in [0.2, 0.25) is 0 Å². The van der Waals surface area contributed by atoms with Crippen LogP contribution in [0.5, 0.6) is 5.75 Å². The van der Waals surface area contributed by atoms with Crippen molar-refractivity contribution in [2.45, 2.75) is 18.4 Å². The number of piperidine rings is 1. The molecular weight excluding hydrogens is 270 g/mol. The number of hydrogen-bond donors (Lipinski definition) is 2. The maximum Gasteiger partial charge on any atom is 0.120 e. The van der Waals surface area contributed by atoms with Gasteiger partial charge in [0.2, 0.25) is 0 Å². The Morgan fingerprint density at radius 1 is 1.38 bits per heavy atom. The summed E-state index contributed by atoms with van der Waals surface area (Å²) in [7, 11) is 1.64. The fourth-order valence-corrected chi connectivity index (χ4v) is 2.84. The zero-order chi connectivity index (χ0) is 11.6. The van der Waals surface area contributed by atoms with Gasteiger partial charge >= 0.3 is 0 Å². The maximum absolute atomic E-state index is 10.6. The fourth-order valence-electron chi connectivity index (χ4n) is 2.11. The molecule has 0 aliphatic carbocycles. The minimum atomic E-state index is -0.712. The van der Waals surface area contributed by atoms with Gasteiger partial charge in [-0.3, -0.25) is 0 Å². The van der Waals surface area contributed by atoms with Crippen molar-refractivity contribution in [3.05, 3.63) is 28.2 Å². The quantitative estimate of drug-likeness (QED) is 0.874. The Bertz CT molecular complexity index is 375. The second kappa shape index (κ2) is 4.73. The first-order valence-electron chi connectivity index (χ1n) is 5.43. The summed E-state index contributed by atoms with van der Waals surface area (Å²) in [5, 5.41) is 13.8. The standard InChI is InChI=1S/C12H16BrNO2/c1-16-9-2-3-10(11(13)8-9)12(15)4-6-14-7-5-12/h2-3,8,14-15H,4-7H2,1H3. The summed E-state index contributed by atoms with van der Waals surface area (Å²) in [4.78, 5) is 0. The largest absolute Gasteiger partial charge is 0.497 e. The van der Waals surface area contributed by atoms with Crippen molar-refractivity contribution in [1.29, 1.82) is 0 Å². The van der Waals surface area contributed by atoms with Crippen molar-refractivity contribution in [1.82, 2.24) is 5.32 Å². The van der Waals surface area contributed by atoms with E-state index in [9.17, 15) is 5.11 Å². The van der Waals surface area contributed by atoms with Gasteiger partial charge in [-0.1, -0.05) is 22.0 Å². The lowest BCUT2D eigenvalue weighted by Gasteiger charge is -2.33. The minimum absolute atomic E-state index is 0.712. The van der Waals surface area contributed by atoms with E-state index in [1.807, 2.05) is 18.2 Å². The third kappa shape index (κ3) is 2.24. The van der Waals surface area contributed by atoms with Gasteiger partial charge in [0, 0.05) is 4.47 Å². The van der Waals surface area contributed by atoms with E-state index in [1.54, 1.807) is 7.11 Å². The summed E-state index contributed by atoms with van der Waals surface area (Å²) in [6, 6.07) is 5.73. The van der Waals surface area contributed by atoms with Gasteiger partial charge in [-0.2, -0.15) is 0 Å². The summed E-state index contributed by atoms with van der Waals surface area (Å²) in [5.74, 6) is 0.799. The number of benzene rings is 1. The highest BCUT2D eigenvalue weighted by Crippen LogP contribution is 2.36. The smallest absolute Gasteiger partial charge is 0.120 e. The molecule has 0 aromatic heterocycles. The monoisotopic (exact) mass is 285 g/mol. The molecule has 3 nitrogen and oxygen atoms in total. The van der Waals surface area contributed by atoms with Crippen molar-refractivity contribution in [3.8, 4) is 5.75 Å². The molecule has 4 heteroatoms. The molecule has 0 unspecified atom stereocenters. The van der Waals surface area contributed by atoms with E-state index in [2.05, 4.69) is 21.2 Å². The molecule has 2 rings (SSSR count). The van der Waals surface area contributed by atoms with Crippen LogP contribution in [0.4, 0.5) is 0 Å². The van der Waals surface area contributed by atoms with Gasteiger partial charge in [-0.05, 0) is 43.6 Å². The molecule has 1 aromatic rings. The van der Waals surface area contributed by atoms with E-state index in [0.717, 1.165) is 41.7 Å². The highest BCUT2D eigenvalue weighted by atomic mass is 79.9. The predicted molar refractivity (Wildman–Crippen MR) is 66.7 cm³/mol. The van der Waals surface area contributed by atoms with E-state index in [0.29, 0.717) is 0 Å². The van der Waals surface area contributed by atoms with E-state index >= 15 is 0 Å².